The molecule has 1 N–H and O–H groups in total. The Bertz CT molecular complexity index is 1040. The number of amides is 1. The van der Waals surface area contributed by atoms with Crippen molar-refractivity contribution in [2.24, 2.45) is 0 Å². The first-order valence-corrected chi connectivity index (χ1v) is 11.0. The molecule has 0 radical (unpaired) electrons. The number of nitrogens with zero attached hydrogens (tertiary/aromatic N) is 3. The van der Waals surface area contributed by atoms with E-state index in [4.69, 9.17) is 0 Å². The van der Waals surface area contributed by atoms with Gasteiger partial charge in [-0.2, -0.15) is 0 Å². The van der Waals surface area contributed by atoms with Crippen LogP contribution in [0.5, 0.6) is 0 Å². The topological polar surface area (TPSA) is 59.8 Å². The number of benzene rings is 2. The van der Waals surface area contributed by atoms with Crippen molar-refractivity contribution in [3.8, 4) is 5.69 Å². The monoisotopic (exact) mass is 406 g/mol. The SMILES string of the molecule is Cc1ccc(C)c(-n2c(C)nnc2SCC(=O)NC2CCCc3ccccc32)c1. The Balaban J connectivity index is 1.47. The first kappa shape index (κ1) is 19.7. The van der Waals surface area contributed by atoms with E-state index in [2.05, 4.69) is 65.8 Å². The average Bonchev–Trinajstić information content (AvgIpc) is 3.09. The van der Waals surface area contributed by atoms with Crippen molar-refractivity contribution in [1.82, 2.24) is 20.1 Å². The highest BCUT2D eigenvalue weighted by molar-refractivity contribution is 7.99. The number of rotatable bonds is 5. The molecule has 1 amide bonds. The lowest BCUT2D eigenvalue weighted by Crippen LogP contribution is -2.32. The van der Waals surface area contributed by atoms with Crippen molar-refractivity contribution in [3.05, 3.63) is 70.5 Å². The van der Waals surface area contributed by atoms with E-state index >= 15 is 0 Å². The average molecular weight is 407 g/mol. The van der Waals surface area contributed by atoms with E-state index in [0.29, 0.717) is 5.75 Å². The normalized spacial score (nSPS) is 15.8. The molecule has 0 bridgehead atoms. The fraction of sp³-hybridized carbons (Fsp3) is 0.348. The maximum Gasteiger partial charge on any atom is 0.230 e. The molecule has 4 rings (SSSR count). The van der Waals surface area contributed by atoms with E-state index in [1.54, 1.807) is 0 Å². The van der Waals surface area contributed by atoms with Crippen LogP contribution in [0.2, 0.25) is 0 Å². The van der Waals surface area contributed by atoms with Gasteiger partial charge in [-0.15, -0.1) is 10.2 Å². The number of aryl methyl sites for hydroxylation is 4. The van der Waals surface area contributed by atoms with Crippen LogP contribution in [-0.4, -0.2) is 26.4 Å². The van der Waals surface area contributed by atoms with E-state index in [1.807, 2.05) is 17.6 Å². The fourth-order valence-corrected chi connectivity index (χ4v) is 4.75. The third-order valence-electron chi connectivity index (χ3n) is 5.44. The number of fused-ring (bicyclic) bond motifs is 1. The molecule has 2 aromatic carbocycles. The van der Waals surface area contributed by atoms with Gasteiger partial charge in [0.15, 0.2) is 5.16 Å². The van der Waals surface area contributed by atoms with Gasteiger partial charge in [-0.25, -0.2) is 0 Å². The van der Waals surface area contributed by atoms with Crippen LogP contribution in [0.4, 0.5) is 0 Å². The first-order valence-electron chi connectivity index (χ1n) is 10.0. The van der Waals surface area contributed by atoms with Gasteiger partial charge in [-0.1, -0.05) is 48.2 Å². The summed E-state index contributed by atoms with van der Waals surface area (Å²) in [4.78, 5) is 12.7. The Kier molecular flexibility index (Phi) is 5.72. The summed E-state index contributed by atoms with van der Waals surface area (Å²) >= 11 is 1.43. The smallest absolute Gasteiger partial charge is 0.230 e. The maximum atomic E-state index is 12.7. The van der Waals surface area contributed by atoms with Crippen LogP contribution in [0.25, 0.3) is 5.69 Å². The third kappa shape index (κ3) is 4.22. The van der Waals surface area contributed by atoms with E-state index in [0.717, 1.165) is 41.5 Å². The lowest BCUT2D eigenvalue weighted by molar-refractivity contribution is -0.119. The van der Waals surface area contributed by atoms with Gasteiger partial charge in [0.1, 0.15) is 5.82 Å². The second kappa shape index (κ2) is 8.41. The number of nitrogens with one attached hydrogen (secondary N) is 1. The van der Waals surface area contributed by atoms with Crippen LogP contribution in [0.3, 0.4) is 0 Å². The second-order valence-electron chi connectivity index (χ2n) is 7.65. The molecule has 3 aromatic rings. The second-order valence-corrected chi connectivity index (χ2v) is 8.60. The van der Waals surface area contributed by atoms with E-state index in [1.165, 1.54) is 28.5 Å². The molecule has 0 spiro atoms. The zero-order chi connectivity index (χ0) is 20.4. The van der Waals surface area contributed by atoms with Gasteiger partial charge in [0.05, 0.1) is 17.5 Å². The van der Waals surface area contributed by atoms with Crippen molar-refractivity contribution >= 4 is 17.7 Å². The lowest BCUT2D eigenvalue weighted by atomic mass is 9.88. The Hall–Kier alpha value is -2.60. The number of aromatic nitrogens is 3. The molecule has 6 heteroatoms. The quantitative estimate of drug-likeness (QED) is 0.635. The highest BCUT2D eigenvalue weighted by Crippen LogP contribution is 2.30. The van der Waals surface area contributed by atoms with Crippen molar-refractivity contribution in [1.29, 1.82) is 0 Å². The molecule has 1 aromatic heterocycles. The van der Waals surface area contributed by atoms with Crippen LogP contribution in [0, 0.1) is 20.8 Å². The summed E-state index contributed by atoms with van der Waals surface area (Å²) in [7, 11) is 0. The molecular weight excluding hydrogens is 380 g/mol. The van der Waals surface area contributed by atoms with Gasteiger partial charge in [0.25, 0.3) is 0 Å². The molecule has 1 atom stereocenters. The molecule has 1 heterocycles. The number of hydrogen-bond acceptors (Lipinski definition) is 4. The van der Waals surface area contributed by atoms with E-state index in [9.17, 15) is 4.79 Å². The van der Waals surface area contributed by atoms with Crippen LogP contribution in [0.15, 0.2) is 47.6 Å². The Morgan fingerprint density at radius 3 is 2.86 bits per heavy atom. The van der Waals surface area contributed by atoms with Crippen LogP contribution in [0.1, 0.15) is 47.0 Å². The van der Waals surface area contributed by atoms with Crippen molar-refractivity contribution in [2.45, 2.75) is 51.2 Å². The van der Waals surface area contributed by atoms with Crippen LogP contribution >= 0.6 is 11.8 Å². The van der Waals surface area contributed by atoms with E-state index < -0.39 is 0 Å². The molecule has 0 saturated carbocycles. The third-order valence-corrected chi connectivity index (χ3v) is 6.37. The molecule has 1 aliphatic rings. The van der Waals surface area contributed by atoms with Crippen molar-refractivity contribution in [3.63, 3.8) is 0 Å². The van der Waals surface area contributed by atoms with Crippen molar-refractivity contribution < 1.29 is 4.79 Å². The summed E-state index contributed by atoms with van der Waals surface area (Å²) in [5.74, 6) is 1.18. The predicted octanol–water partition coefficient (Wildman–Crippen LogP) is 4.48. The number of thioether (sulfide) groups is 1. The van der Waals surface area contributed by atoms with Crippen LogP contribution < -0.4 is 5.32 Å². The molecule has 0 fully saturated rings. The first-order chi connectivity index (χ1) is 14.0. The molecule has 1 aliphatic carbocycles. The Labute approximate surface area is 175 Å². The Morgan fingerprint density at radius 2 is 2.00 bits per heavy atom. The largest absolute Gasteiger partial charge is 0.349 e. The maximum absolute atomic E-state index is 12.7. The number of carbonyl (C=O) groups is 1. The molecule has 5 nitrogen and oxygen atoms in total. The number of hydrogen-bond donors (Lipinski definition) is 1. The molecule has 1 unspecified atom stereocenters. The molecule has 0 aliphatic heterocycles. The minimum absolute atomic E-state index is 0.0323. The summed E-state index contributed by atoms with van der Waals surface area (Å²) in [5, 5.41) is 12.5. The highest BCUT2D eigenvalue weighted by atomic mass is 32.2. The number of carbonyl (C=O) groups excluding carboxylic acids is 1. The highest BCUT2D eigenvalue weighted by Gasteiger charge is 2.22. The molecular formula is C23H26N4OS. The van der Waals surface area contributed by atoms with E-state index in [-0.39, 0.29) is 11.9 Å². The summed E-state index contributed by atoms with van der Waals surface area (Å²) < 4.78 is 2.04. The van der Waals surface area contributed by atoms with Gasteiger partial charge in [-0.3, -0.25) is 9.36 Å². The minimum Gasteiger partial charge on any atom is -0.349 e. The van der Waals surface area contributed by atoms with Gasteiger partial charge in [0, 0.05) is 0 Å². The predicted molar refractivity (Wildman–Crippen MR) is 117 cm³/mol. The Morgan fingerprint density at radius 1 is 1.17 bits per heavy atom. The molecule has 0 saturated heterocycles. The van der Waals surface area contributed by atoms with Gasteiger partial charge < -0.3 is 5.32 Å². The minimum atomic E-state index is 0.0323. The molecule has 150 valence electrons. The van der Waals surface area contributed by atoms with Crippen LogP contribution in [-0.2, 0) is 11.2 Å². The van der Waals surface area contributed by atoms with Gasteiger partial charge in [0.2, 0.25) is 5.91 Å². The van der Waals surface area contributed by atoms with Gasteiger partial charge >= 0.3 is 0 Å². The standard InChI is InChI=1S/C23H26N4OS/c1-15-11-12-16(2)21(13-15)27-17(3)25-26-23(27)29-14-22(28)24-20-10-6-8-18-7-4-5-9-19(18)20/h4-5,7,9,11-13,20H,6,8,10,14H2,1-3H3,(H,24,28). The zero-order valence-corrected chi connectivity index (χ0v) is 17.9. The zero-order valence-electron chi connectivity index (χ0n) is 17.1. The summed E-state index contributed by atoms with van der Waals surface area (Å²) in [6.07, 6.45) is 3.19. The van der Waals surface area contributed by atoms with Crippen molar-refractivity contribution in [2.75, 3.05) is 5.75 Å². The lowest BCUT2D eigenvalue weighted by Gasteiger charge is -2.26. The summed E-state index contributed by atoms with van der Waals surface area (Å²) in [6, 6.07) is 14.9. The summed E-state index contributed by atoms with van der Waals surface area (Å²) in [6.45, 7) is 6.10. The van der Waals surface area contributed by atoms with Gasteiger partial charge in [-0.05, 0) is 68.4 Å². The summed E-state index contributed by atoms with van der Waals surface area (Å²) in [5.41, 5.74) is 6.01. The molecule has 29 heavy (non-hydrogen) atoms. The fourth-order valence-electron chi connectivity index (χ4n) is 3.94.